The summed E-state index contributed by atoms with van der Waals surface area (Å²) in [6.45, 7) is 3.75. The molecule has 1 aromatic carbocycles. The standard InChI is InChI=1S/C18H25FN4O4/c1-22-6-8-23(9-7-22)15-16(24)14(13-10-26-17(15)27-13)21-18(25)20-12-4-2-11(19)3-5-12/h2-5,13-17,24H,6-10H2,1H3,(H2,20,21,25). The average Bonchev–Trinajstić information content (AvgIpc) is 3.08. The van der Waals surface area contributed by atoms with Crippen LogP contribution in [0.25, 0.3) is 0 Å². The Morgan fingerprint density at radius 2 is 1.93 bits per heavy atom. The van der Waals surface area contributed by atoms with Gasteiger partial charge in [-0.3, -0.25) is 4.90 Å². The monoisotopic (exact) mass is 380 g/mol. The van der Waals surface area contributed by atoms with Gasteiger partial charge >= 0.3 is 6.03 Å². The maximum absolute atomic E-state index is 13.0. The number of urea groups is 1. The zero-order valence-electron chi connectivity index (χ0n) is 15.2. The molecule has 0 saturated carbocycles. The van der Waals surface area contributed by atoms with E-state index in [2.05, 4.69) is 27.5 Å². The molecular weight excluding hydrogens is 355 g/mol. The summed E-state index contributed by atoms with van der Waals surface area (Å²) in [7, 11) is 2.07. The van der Waals surface area contributed by atoms with E-state index < -0.39 is 30.6 Å². The van der Waals surface area contributed by atoms with Crippen LogP contribution in [-0.2, 0) is 9.47 Å². The lowest BCUT2D eigenvalue weighted by Gasteiger charge is -2.46. The molecule has 0 aliphatic carbocycles. The highest BCUT2D eigenvalue weighted by molar-refractivity contribution is 5.89. The lowest BCUT2D eigenvalue weighted by Crippen LogP contribution is -2.67. The number of aliphatic hydroxyl groups is 1. The Morgan fingerprint density at radius 3 is 2.63 bits per heavy atom. The van der Waals surface area contributed by atoms with E-state index in [1.165, 1.54) is 24.3 Å². The van der Waals surface area contributed by atoms with Gasteiger partial charge in [0.05, 0.1) is 24.8 Å². The molecule has 1 aromatic rings. The summed E-state index contributed by atoms with van der Waals surface area (Å²) in [5, 5.41) is 16.4. The number of halogens is 1. The van der Waals surface area contributed by atoms with Crippen molar-refractivity contribution in [3.05, 3.63) is 30.1 Å². The molecule has 3 saturated heterocycles. The molecule has 5 unspecified atom stereocenters. The second kappa shape index (κ2) is 7.69. The number of carbonyl (C=O) groups excluding carboxylic acids is 1. The molecule has 4 rings (SSSR count). The molecule has 8 nitrogen and oxygen atoms in total. The number of piperazine rings is 1. The van der Waals surface area contributed by atoms with E-state index in [0.29, 0.717) is 12.3 Å². The molecule has 148 valence electrons. The van der Waals surface area contributed by atoms with E-state index in [0.717, 1.165) is 26.2 Å². The van der Waals surface area contributed by atoms with Crippen molar-refractivity contribution in [1.82, 2.24) is 15.1 Å². The van der Waals surface area contributed by atoms with Gasteiger partial charge in [0, 0.05) is 31.9 Å². The van der Waals surface area contributed by atoms with Crippen LogP contribution >= 0.6 is 0 Å². The first-order valence-electron chi connectivity index (χ1n) is 9.22. The third kappa shape index (κ3) is 3.92. The first kappa shape index (κ1) is 18.6. The topological polar surface area (TPSA) is 86.3 Å². The van der Waals surface area contributed by atoms with Gasteiger partial charge in [-0.2, -0.15) is 0 Å². The van der Waals surface area contributed by atoms with Gasteiger partial charge < -0.3 is 30.1 Å². The molecule has 0 spiro atoms. The number of nitrogens with zero attached hydrogens (tertiary/aromatic N) is 2. The SMILES string of the molecule is CN1CCN(C2C3OCC(O3)C(NC(=O)Nc3ccc(F)cc3)C2O)CC1. The van der Waals surface area contributed by atoms with Gasteiger partial charge in [-0.1, -0.05) is 0 Å². The summed E-state index contributed by atoms with van der Waals surface area (Å²) < 4.78 is 24.6. The van der Waals surface area contributed by atoms with Gasteiger partial charge in [-0.15, -0.1) is 0 Å². The Bertz CT molecular complexity index is 668. The van der Waals surface area contributed by atoms with Crippen molar-refractivity contribution in [3.8, 4) is 0 Å². The molecule has 3 heterocycles. The first-order valence-corrected chi connectivity index (χ1v) is 9.22. The van der Waals surface area contributed by atoms with Crippen LogP contribution in [0.3, 0.4) is 0 Å². The smallest absolute Gasteiger partial charge is 0.319 e. The van der Waals surface area contributed by atoms with Crippen LogP contribution in [0.5, 0.6) is 0 Å². The van der Waals surface area contributed by atoms with Crippen LogP contribution in [0.4, 0.5) is 14.9 Å². The molecule has 9 heteroatoms. The Hall–Kier alpha value is -1.78. The minimum Gasteiger partial charge on any atom is -0.389 e. The number of ether oxygens (including phenoxy) is 2. The van der Waals surface area contributed by atoms with E-state index in [-0.39, 0.29) is 11.9 Å². The van der Waals surface area contributed by atoms with Gasteiger partial charge in [0.25, 0.3) is 0 Å². The van der Waals surface area contributed by atoms with Crippen LogP contribution in [0.15, 0.2) is 24.3 Å². The van der Waals surface area contributed by atoms with Crippen LogP contribution in [-0.4, -0.2) is 91.4 Å². The quantitative estimate of drug-likeness (QED) is 0.687. The average molecular weight is 380 g/mol. The number of aliphatic hydroxyl groups excluding tert-OH is 1. The number of anilines is 1. The number of hydrogen-bond donors (Lipinski definition) is 3. The Labute approximate surface area is 157 Å². The molecule has 3 aliphatic heterocycles. The fourth-order valence-corrected chi connectivity index (χ4v) is 3.94. The number of amides is 2. The van der Waals surface area contributed by atoms with Gasteiger partial charge in [0.15, 0.2) is 6.29 Å². The lowest BCUT2D eigenvalue weighted by molar-refractivity contribution is -0.184. The van der Waals surface area contributed by atoms with E-state index in [9.17, 15) is 14.3 Å². The zero-order chi connectivity index (χ0) is 19.0. The first-order chi connectivity index (χ1) is 13.0. The number of rotatable bonds is 3. The Balaban J connectivity index is 1.42. The predicted octanol–water partition coefficient (Wildman–Crippen LogP) is 0.0478. The summed E-state index contributed by atoms with van der Waals surface area (Å²) in [4.78, 5) is 16.8. The summed E-state index contributed by atoms with van der Waals surface area (Å²) in [6, 6.07) is 4.11. The predicted molar refractivity (Wildman–Crippen MR) is 95.8 cm³/mol. The fourth-order valence-electron chi connectivity index (χ4n) is 3.94. The number of likely N-dealkylation sites (N-methyl/N-ethyl adjacent to an activating group) is 1. The molecule has 2 amide bonds. The maximum Gasteiger partial charge on any atom is 0.319 e. The molecule has 3 aliphatic rings. The van der Waals surface area contributed by atoms with Crippen molar-refractivity contribution < 1.29 is 23.8 Å². The third-order valence-electron chi connectivity index (χ3n) is 5.49. The van der Waals surface area contributed by atoms with Crippen molar-refractivity contribution in [3.63, 3.8) is 0 Å². The fraction of sp³-hybridized carbons (Fsp3) is 0.611. The molecular formula is C18H25FN4O4. The zero-order valence-corrected chi connectivity index (χ0v) is 15.2. The number of carbonyl (C=O) groups is 1. The largest absolute Gasteiger partial charge is 0.389 e. The van der Waals surface area contributed by atoms with Crippen molar-refractivity contribution in [1.29, 1.82) is 0 Å². The van der Waals surface area contributed by atoms with E-state index in [4.69, 9.17) is 9.47 Å². The highest BCUT2D eigenvalue weighted by Gasteiger charge is 2.52. The van der Waals surface area contributed by atoms with Gasteiger partial charge in [0.2, 0.25) is 0 Å². The molecule has 0 aromatic heterocycles. The second-order valence-electron chi connectivity index (χ2n) is 7.33. The summed E-state index contributed by atoms with van der Waals surface area (Å²) in [5.41, 5.74) is 0.469. The van der Waals surface area contributed by atoms with Crippen LogP contribution in [0.1, 0.15) is 0 Å². The van der Waals surface area contributed by atoms with Crippen LogP contribution in [0.2, 0.25) is 0 Å². The Kier molecular flexibility index (Phi) is 5.29. The second-order valence-corrected chi connectivity index (χ2v) is 7.33. The molecule has 0 radical (unpaired) electrons. The maximum atomic E-state index is 13.0. The minimum atomic E-state index is -0.807. The van der Waals surface area contributed by atoms with Crippen LogP contribution < -0.4 is 10.6 Å². The van der Waals surface area contributed by atoms with Gasteiger partial charge in [-0.25, -0.2) is 9.18 Å². The molecule has 2 bridgehead atoms. The van der Waals surface area contributed by atoms with Crippen molar-refractivity contribution >= 4 is 11.7 Å². The molecule has 5 atom stereocenters. The molecule has 27 heavy (non-hydrogen) atoms. The lowest BCUT2D eigenvalue weighted by atomic mass is 9.94. The van der Waals surface area contributed by atoms with Gasteiger partial charge in [0.1, 0.15) is 11.9 Å². The number of nitrogens with one attached hydrogen (secondary N) is 2. The number of hydrogen-bond acceptors (Lipinski definition) is 6. The minimum absolute atomic E-state index is 0.325. The highest BCUT2D eigenvalue weighted by Crippen LogP contribution is 2.32. The third-order valence-corrected chi connectivity index (χ3v) is 5.49. The number of fused-ring (bicyclic) bond motifs is 2. The van der Waals surface area contributed by atoms with Crippen molar-refractivity contribution in [2.75, 3.05) is 45.2 Å². The summed E-state index contributed by atoms with van der Waals surface area (Å²) in [5.74, 6) is -0.374. The van der Waals surface area contributed by atoms with E-state index >= 15 is 0 Å². The summed E-state index contributed by atoms with van der Waals surface area (Å²) in [6.07, 6.45) is -1.68. The van der Waals surface area contributed by atoms with Gasteiger partial charge in [-0.05, 0) is 31.3 Å². The Morgan fingerprint density at radius 1 is 1.22 bits per heavy atom. The van der Waals surface area contributed by atoms with E-state index in [1.54, 1.807) is 0 Å². The summed E-state index contributed by atoms with van der Waals surface area (Å²) >= 11 is 0. The van der Waals surface area contributed by atoms with Crippen molar-refractivity contribution in [2.45, 2.75) is 30.6 Å². The highest BCUT2D eigenvalue weighted by atomic mass is 19.1. The molecule has 3 fully saturated rings. The van der Waals surface area contributed by atoms with Crippen molar-refractivity contribution in [2.24, 2.45) is 0 Å². The normalized spacial score (nSPS) is 34.4. The number of benzene rings is 1. The van der Waals surface area contributed by atoms with E-state index in [1.807, 2.05) is 0 Å². The van der Waals surface area contributed by atoms with Crippen LogP contribution in [0, 0.1) is 5.82 Å². The molecule has 3 N–H and O–H groups in total.